The van der Waals surface area contributed by atoms with Gasteiger partial charge in [0.2, 0.25) is 0 Å². The molecule has 0 aromatic carbocycles. The summed E-state index contributed by atoms with van der Waals surface area (Å²) in [6, 6.07) is 0. The highest BCUT2D eigenvalue weighted by atomic mass is 32.3. The molecule has 0 amide bonds. The Bertz CT molecular complexity index is 260. The molecule has 0 aromatic heterocycles. The molecule has 0 aliphatic carbocycles. The van der Waals surface area contributed by atoms with Gasteiger partial charge in [0.15, 0.2) is 0 Å². The third-order valence-electron chi connectivity index (χ3n) is 2.76. The first-order valence-electron chi connectivity index (χ1n) is 4.52. The van der Waals surface area contributed by atoms with E-state index in [0.29, 0.717) is 4.48 Å². The number of halogens is 1. The van der Waals surface area contributed by atoms with E-state index in [-0.39, 0.29) is 6.67 Å². The fourth-order valence-electron chi connectivity index (χ4n) is 1.81. The lowest BCUT2D eigenvalue weighted by atomic mass is 10.4. The first kappa shape index (κ1) is 10.9. The van der Waals surface area contributed by atoms with E-state index < -0.39 is 10.4 Å². The summed E-state index contributed by atoms with van der Waals surface area (Å²) in [6.07, 6.45) is 2.20. The van der Waals surface area contributed by atoms with E-state index in [4.69, 9.17) is 0 Å². The largest absolute Gasteiger partial charge is 0.376 e. The fourth-order valence-corrected chi connectivity index (χ4v) is 2.23. The third-order valence-corrected chi connectivity index (χ3v) is 3.23. The van der Waals surface area contributed by atoms with Gasteiger partial charge in [-0.25, -0.2) is 0 Å². The van der Waals surface area contributed by atoms with Gasteiger partial charge >= 0.3 is 10.4 Å². The van der Waals surface area contributed by atoms with Gasteiger partial charge in [-0.2, -0.15) is 8.42 Å². The van der Waals surface area contributed by atoms with Crippen LogP contribution in [0.1, 0.15) is 19.8 Å². The molecular formula is C7H16FN2O2S+. The number of likely N-dealkylation sites (tertiary alicyclic amines) is 1. The zero-order valence-corrected chi connectivity index (χ0v) is 8.61. The molecule has 1 saturated heterocycles. The molecule has 0 spiro atoms. The standard InChI is InChI=1S/C7H16FN2O2S/c1-2-10(5-3-4-6-10)7-9-13(8,11)12/h9H,2-7H2,1H3/q+1. The monoisotopic (exact) mass is 211 g/mol. The predicted molar refractivity (Wildman–Crippen MR) is 47.8 cm³/mol. The Morgan fingerprint density at radius 3 is 2.31 bits per heavy atom. The van der Waals surface area contributed by atoms with Crippen LogP contribution >= 0.6 is 0 Å². The van der Waals surface area contributed by atoms with E-state index in [9.17, 15) is 12.3 Å². The highest BCUT2D eigenvalue weighted by molar-refractivity contribution is 7.84. The van der Waals surface area contributed by atoms with Crippen LogP contribution in [0.3, 0.4) is 0 Å². The molecule has 1 aliphatic heterocycles. The van der Waals surface area contributed by atoms with Gasteiger partial charge in [-0.15, -0.1) is 4.72 Å². The molecule has 1 N–H and O–H groups in total. The Morgan fingerprint density at radius 1 is 1.38 bits per heavy atom. The molecule has 1 rings (SSSR count). The second-order valence-corrected chi connectivity index (χ2v) is 4.72. The third kappa shape index (κ3) is 3.21. The number of hydrogen-bond acceptors (Lipinski definition) is 2. The summed E-state index contributed by atoms with van der Waals surface area (Å²) in [6.45, 7) is 4.92. The van der Waals surface area contributed by atoms with Crippen LogP contribution in [0.4, 0.5) is 3.89 Å². The van der Waals surface area contributed by atoms with E-state index in [1.807, 2.05) is 11.6 Å². The van der Waals surface area contributed by atoms with Crippen molar-refractivity contribution >= 4 is 10.4 Å². The second kappa shape index (κ2) is 3.89. The van der Waals surface area contributed by atoms with Crippen molar-refractivity contribution in [3.05, 3.63) is 0 Å². The molecule has 0 aromatic rings. The average molecular weight is 211 g/mol. The summed E-state index contributed by atoms with van der Waals surface area (Å²) in [5.41, 5.74) is 0. The van der Waals surface area contributed by atoms with Crippen LogP contribution < -0.4 is 4.72 Å². The van der Waals surface area contributed by atoms with Crippen molar-refractivity contribution in [3.8, 4) is 0 Å². The van der Waals surface area contributed by atoms with Gasteiger partial charge in [-0.1, -0.05) is 3.89 Å². The van der Waals surface area contributed by atoms with Gasteiger partial charge in [0.25, 0.3) is 0 Å². The molecule has 6 heteroatoms. The summed E-state index contributed by atoms with van der Waals surface area (Å²) >= 11 is 0. The van der Waals surface area contributed by atoms with Crippen LogP contribution in [-0.4, -0.2) is 39.2 Å². The molecule has 13 heavy (non-hydrogen) atoms. The second-order valence-electron chi connectivity index (χ2n) is 3.55. The van der Waals surface area contributed by atoms with Gasteiger partial charge < -0.3 is 4.48 Å². The lowest BCUT2D eigenvalue weighted by Gasteiger charge is -2.32. The van der Waals surface area contributed by atoms with Crippen molar-refractivity contribution in [1.29, 1.82) is 0 Å². The van der Waals surface area contributed by atoms with Crippen LogP contribution in [0.25, 0.3) is 0 Å². The molecule has 78 valence electrons. The average Bonchev–Trinajstić information content (AvgIpc) is 2.49. The smallest absolute Gasteiger partial charge is 0.311 e. The minimum atomic E-state index is -4.53. The van der Waals surface area contributed by atoms with E-state index in [1.54, 1.807) is 0 Å². The summed E-state index contributed by atoms with van der Waals surface area (Å²) < 4.78 is 35.3. The maximum Gasteiger partial charge on any atom is 0.376 e. The molecule has 0 atom stereocenters. The Kier molecular flexibility index (Phi) is 3.26. The molecule has 0 unspecified atom stereocenters. The summed E-state index contributed by atoms with van der Waals surface area (Å²) in [4.78, 5) is 0. The molecule has 0 bridgehead atoms. The number of hydrogen-bond donors (Lipinski definition) is 1. The number of quaternary nitrogens is 1. The molecular weight excluding hydrogens is 195 g/mol. The summed E-state index contributed by atoms with van der Waals surface area (Å²) in [7, 11) is -4.53. The quantitative estimate of drug-likeness (QED) is 0.539. The van der Waals surface area contributed by atoms with Gasteiger partial charge in [0.1, 0.15) is 6.67 Å². The highest BCUT2D eigenvalue weighted by Crippen LogP contribution is 2.17. The van der Waals surface area contributed by atoms with Crippen LogP contribution in [0.2, 0.25) is 0 Å². The predicted octanol–water partition coefficient (Wildman–Crippen LogP) is 0.378. The van der Waals surface area contributed by atoms with Crippen molar-refractivity contribution in [3.63, 3.8) is 0 Å². The van der Waals surface area contributed by atoms with Gasteiger partial charge in [-0.05, 0) is 6.92 Å². The highest BCUT2D eigenvalue weighted by Gasteiger charge is 2.31. The number of nitrogens with zero attached hydrogens (tertiary/aromatic N) is 1. The lowest BCUT2D eigenvalue weighted by Crippen LogP contribution is -2.51. The van der Waals surface area contributed by atoms with Crippen molar-refractivity contribution in [1.82, 2.24) is 4.72 Å². The minimum absolute atomic E-state index is 0.190. The number of rotatable bonds is 4. The van der Waals surface area contributed by atoms with E-state index >= 15 is 0 Å². The van der Waals surface area contributed by atoms with E-state index in [2.05, 4.69) is 0 Å². The first-order valence-corrected chi connectivity index (χ1v) is 5.90. The fraction of sp³-hybridized carbons (Fsp3) is 1.00. The zero-order valence-electron chi connectivity index (χ0n) is 7.79. The summed E-state index contributed by atoms with van der Waals surface area (Å²) in [5, 5.41) is 0. The van der Waals surface area contributed by atoms with Crippen molar-refractivity contribution < 1.29 is 16.8 Å². The van der Waals surface area contributed by atoms with Crippen LogP contribution in [0, 0.1) is 0 Å². The minimum Gasteiger partial charge on any atom is -0.311 e. The SMILES string of the molecule is CC[N+]1(CNS(=O)(=O)F)CCCC1. The van der Waals surface area contributed by atoms with Gasteiger partial charge in [-0.3, -0.25) is 0 Å². The molecule has 1 aliphatic rings. The van der Waals surface area contributed by atoms with Crippen LogP contribution in [0.15, 0.2) is 0 Å². The Morgan fingerprint density at radius 2 is 1.92 bits per heavy atom. The normalized spacial score (nSPS) is 22.0. The van der Waals surface area contributed by atoms with Crippen LogP contribution in [-0.2, 0) is 10.4 Å². The van der Waals surface area contributed by atoms with E-state index in [0.717, 1.165) is 32.5 Å². The molecule has 1 heterocycles. The van der Waals surface area contributed by atoms with Crippen molar-refractivity contribution in [2.75, 3.05) is 26.3 Å². The van der Waals surface area contributed by atoms with Crippen molar-refractivity contribution in [2.45, 2.75) is 19.8 Å². The van der Waals surface area contributed by atoms with Crippen LogP contribution in [0.5, 0.6) is 0 Å². The Labute approximate surface area is 78.7 Å². The lowest BCUT2D eigenvalue weighted by molar-refractivity contribution is -0.916. The zero-order chi connectivity index (χ0) is 9.95. The first-order chi connectivity index (χ1) is 5.97. The van der Waals surface area contributed by atoms with E-state index in [1.165, 1.54) is 0 Å². The van der Waals surface area contributed by atoms with Gasteiger partial charge in [0.05, 0.1) is 19.6 Å². The topological polar surface area (TPSA) is 46.2 Å². The van der Waals surface area contributed by atoms with Crippen molar-refractivity contribution in [2.24, 2.45) is 0 Å². The molecule has 4 nitrogen and oxygen atoms in total. The Hall–Kier alpha value is -0.200. The van der Waals surface area contributed by atoms with Gasteiger partial charge in [0, 0.05) is 12.8 Å². The molecule has 0 radical (unpaired) electrons. The Balaban J connectivity index is 2.50. The maximum absolute atomic E-state index is 12.2. The maximum atomic E-state index is 12.2. The molecule has 1 fully saturated rings. The number of nitrogens with one attached hydrogen (secondary N) is 1. The molecule has 0 saturated carbocycles. The summed E-state index contributed by atoms with van der Waals surface area (Å²) in [5.74, 6) is 0.